The third-order valence-corrected chi connectivity index (χ3v) is 2.38. The van der Waals surface area contributed by atoms with E-state index in [1.165, 1.54) is 0 Å². The molecule has 0 aromatic heterocycles. The fourth-order valence-electron chi connectivity index (χ4n) is 1.63. The molecule has 72 valence electrons. The van der Waals surface area contributed by atoms with E-state index in [2.05, 4.69) is 0 Å². The van der Waals surface area contributed by atoms with Crippen LogP contribution in [-0.4, -0.2) is 37.0 Å². The number of alkyl halides is 2. The average molecular weight is 178 g/mol. The lowest BCUT2D eigenvalue weighted by Crippen LogP contribution is -2.54. The van der Waals surface area contributed by atoms with E-state index in [0.29, 0.717) is 6.54 Å². The summed E-state index contributed by atoms with van der Waals surface area (Å²) in [5.74, 6) is 0. The van der Waals surface area contributed by atoms with Gasteiger partial charge in [-0.05, 0) is 26.3 Å². The first-order valence-electron chi connectivity index (χ1n) is 4.27. The molecule has 1 saturated carbocycles. The van der Waals surface area contributed by atoms with Gasteiger partial charge in [0, 0.05) is 12.1 Å². The van der Waals surface area contributed by atoms with E-state index in [4.69, 9.17) is 5.73 Å². The van der Waals surface area contributed by atoms with Crippen LogP contribution in [-0.2, 0) is 0 Å². The van der Waals surface area contributed by atoms with Gasteiger partial charge < -0.3 is 5.73 Å². The van der Waals surface area contributed by atoms with Crippen LogP contribution in [0.5, 0.6) is 0 Å². The first-order chi connectivity index (χ1) is 5.52. The van der Waals surface area contributed by atoms with Gasteiger partial charge >= 0.3 is 0 Å². The molecule has 0 aromatic carbocycles. The van der Waals surface area contributed by atoms with E-state index in [-0.39, 0.29) is 12.1 Å². The van der Waals surface area contributed by atoms with Crippen molar-refractivity contribution in [1.82, 2.24) is 4.90 Å². The largest absolute Gasteiger partial charge is 0.324 e. The van der Waals surface area contributed by atoms with Crippen molar-refractivity contribution in [2.75, 3.05) is 20.1 Å². The minimum Gasteiger partial charge on any atom is -0.324 e. The van der Waals surface area contributed by atoms with E-state index in [9.17, 15) is 8.78 Å². The lowest BCUT2D eigenvalue weighted by molar-refractivity contribution is 0.0766. The van der Waals surface area contributed by atoms with E-state index >= 15 is 0 Å². The van der Waals surface area contributed by atoms with E-state index < -0.39 is 6.43 Å². The maximum absolute atomic E-state index is 11.9. The van der Waals surface area contributed by atoms with Gasteiger partial charge in [0.2, 0.25) is 0 Å². The fourth-order valence-corrected chi connectivity index (χ4v) is 1.63. The minimum absolute atomic E-state index is 0.168. The van der Waals surface area contributed by atoms with Crippen molar-refractivity contribution in [3.05, 3.63) is 0 Å². The van der Waals surface area contributed by atoms with Crippen molar-refractivity contribution in [2.45, 2.75) is 31.2 Å². The molecule has 0 saturated heterocycles. The van der Waals surface area contributed by atoms with Crippen molar-refractivity contribution in [1.29, 1.82) is 0 Å². The molecule has 1 rings (SSSR count). The van der Waals surface area contributed by atoms with Crippen molar-refractivity contribution in [3.63, 3.8) is 0 Å². The normalized spacial score (nSPS) is 21.5. The number of likely N-dealkylation sites (N-methyl/N-ethyl adjacent to an activating group) is 1. The summed E-state index contributed by atoms with van der Waals surface area (Å²) in [4.78, 5) is 1.61. The Morgan fingerprint density at radius 3 is 2.42 bits per heavy atom. The Morgan fingerprint density at radius 2 is 2.08 bits per heavy atom. The van der Waals surface area contributed by atoms with Crippen LogP contribution < -0.4 is 5.73 Å². The number of nitrogens with zero attached hydrogens (tertiary/aromatic N) is 1. The van der Waals surface area contributed by atoms with Crippen molar-refractivity contribution in [3.8, 4) is 0 Å². The van der Waals surface area contributed by atoms with Crippen LogP contribution >= 0.6 is 0 Å². The molecular weight excluding hydrogens is 162 g/mol. The first-order valence-corrected chi connectivity index (χ1v) is 4.27. The molecule has 1 aliphatic carbocycles. The highest BCUT2D eigenvalue weighted by Crippen LogP contribution is 2.29. The fraction of sp³-hybridized carbons (Fsp3) is 1.00. The van der Waals surface area contributed by atoms with Crippen LogP contribution in [0.25, 0.3) is 0 Å². The van der Waals surface area contributed by atoms with Gasteiger partial charge in [0.15, 0.2) is 0 Å². The van der Waals surface area contributed by atoms with E-state index in [0.717, 1.165) is 19.3 Å². The lowest BCUT2D eigenvalue weighted by atomic mass is 9.77. The van der Waals surface area contributed by atoms with Gasteiger partial charge in [-0.15, -0.1) is 0 Å². The van der Waals surface area contributed by atoms with Gasteiger partial charge in [0.05, 0.1) is 6.54 Å². The van der Waals surface area contributed by atoms with Crippen LogP contribution in [0.3, 0.4) is 0 Å². The minimum atomic E-state index is -2.25. The third kappa shape index (κ3) is 2.68. The lowest BCUT2D eigenvalue weighted by Gasteiger charge is -2.40. The van der Waals surface area contributed by atoms with Crippen LogP contribution in [0.1, 0.15) is 19.3 Å². The predicted molar refractivity (Wildman–Crippen MR) is 44.3 cm³/mol. The van der Waals surface area contributed by atoms with Crippen molar-refractivity contribution in [2.24, 2.45) is 5.73 Å². The molecular formula is C8H16F2N2. The topological polar surface area (TPSA) is 29.3 Å². The predicted octanol–water partition coefficient (Wildman–Crippen LogP) is 1.06. The van der Waals surface area contributed by atoms with Crippen molar-refractivity contribution < 1.29 is 8.78 Å². The first kappa shape index (κ1) is 9.86. The molecule has 0 unspecified atom stereocenters. The highest BCUT2D eigenvalue weighted by molar-refractivity contribution is 4.94. The number of nitrogens with two attached hydrogens (primary N) is 1. The summed E-state index contributed by atoms with van der Waals surface area (Å²) in [6.45, 7) is 0.427. The molecule has 0 spiro atoms. The molecule has 0 heterocycles. The maximum Gasteiger partial charge on any atom is 0.251 e. The Kier molecular flexibility index (Phi) is 3.01. The monoisotopic (exact) mass is 178 g/mol. The Balaban J connectivity index is 2.20. The van der Waals surface area contributed by atoms with Gasteiger partial charge in [-0.25, -0.2) is 8.78 Å². The summed E-state index contributed by atoms with van der Waals surface area (Å²) < 4.78 is 23.8. The van der Waals surface area contributed by atoms with Crippen LogP contribution in [0, 0.1) is 0 Å². The second kappa shape index (κ2) is 3.66. The van der Waals surface area contributed by atoms with Crippen LogP contribution in [0.4, 0.5) is 8.78 Å². The molecule has 2 N–H and O–H groups in total. The van der Waals surface area contributed by atoms with E-state index in [1.807, 2.05) is 0 Å². The molecule has 0 aromatic rings. The van der Waals surface area contributed by atoms with Gasteiger partial charge in [-0.2, -0.15) is 0 Å². The van der Waals surface area contributed by atoms with Gasteiger partial charge in [0.1, 0.15) is 0 Å². The summed E-state index contributed by atoms with van der Waals surface area (Å²) in [5, 5.41) is 0. The van der Waals surface area contributed by atoms with Crippen molar-refractivity contribution >= 4 is 0 Å². The van der Waals surface area contributed by atoms with Crippen LogP contribution in [0.2, 0.25) is 0 Å². The van der Waals surface area contributed by atoms with E-state index in [1.54, 1.807) is 11.9 Å². The summed E-state index contributed by atoms with van der Waals surface area (Å²) in [5.41, 5.74) is 5.72. The third-order valence-electron chi connectivity index (χ3n) is 2.38. The quantitative estimate of drug-likeness (QED) is 0.697. The zero-order valence-electron chi connectivity index (χ0n) is 7.39. The SMILES string of the molecule is CN(CC(F)F)CC1(N)CCC1. The summed E-state index contributed by atoms with van der Waals surface area (Å²) >= 11 is 0. The summed E-state index contributed by atoms with van der Waals surface area (Å²) in [6, 6.07) is 0. The number of rotatable bonds is 4. The molecule has 1 fully saturated rings. The molecule has 0 aliphatic heterocycles. The van der Waals surface area contributed by atoms with Gasteiger partial charge in [-0.1, -0.05) is 0 Å². The molecule has 0 amide bonds. The number of hydrogen-bond donors (Lipinski definition) is 1. The maximum atomic E-state index is 11.9. The summed E-state index contributed by atoms with van der Waals surface area (Å²) in [7, 11) is 1.69. The number of halogens is 2. The second-order valence-corrected chi connectivity index (χ2v) is 3.80. The zero-order valence-corrected chi connectivity index (χ0v) is 7.39. The Morgan fingerprint density at radius 1 is 1.50 bits per heavy atom. The standard InChI is InChI=1S/C8H16F2N2/c1-12(5-7(9)10)6-8(11)3-2-4-8/h7H,2-6,11H2,1H3. The molecule has 0 bridgehead atoms. The second-order valence-electron chi connectivity index (χ2n) is 3.80. The molecule has 0 radical (unpaired) electrons. The van der Waals surface area contributed by atoms with Gasteiger partial charge in [0.25, 0.3) is 6.43 Å². The molecule has 1 aliphatic rings. The smallest absolute Gasteiger partial charge is 0.251 e. The molecule has 12 heavy (non-hydrogen) atoms. The number of hydrogen-bond acceptors (Lipinski definition) is 2. The van der Waals surface area contributed by atoms with Gasteiger partial charge in [-0.3, -0.25) is 4.90 Å². The zero-order chi connectivity index (χ0) is 9.19. The molecule has 0 atom stereocenters. The average Bonchev–Trinajstić information content (AvgIpc) is 1.81. The van der Waals surface area contributed by atoms with Crippen LogP contribution in [0.15, 0.2) is 0 Å². The molecule has 2 nitrogen and oxygen atoms in total. The Hall–Kier alpha value is -0.220. The molecule has 4 heteroatoms. The Bertz CT molecular complexity index is 146. The Labute approximate surface area is 71.7 Å². The highest BCUT2D eigenvalue weighted by atomic mass is 19.3. The summed E-state index contributed by atoms with van der Waals surface area (Å²) in [6.07, 6.45) is 0.832. The highest BCUT2D eigenvalue weighted by Gasteiger charge is 2.33.